The van der Waals surface area contributed by atoms with Crippen LogP contribution in [0.5, 0.6) is 0 Å². The fourth-order valence-electron chi connectivity index (χ4n) is 1.61. The Morgan fingerprint density at radius 2 is 2.35 bits per heavy atom. The monoisotopic (exact) mass is 236 g/mol. The average Bonchev–Trinajstić information content (AvgIpc) is 2.84. The van der Waals surface area contributed by atoms with Crippen molar-refractivity contribution in [2.45, 2.75) is 6.42 Å². The predicted octanol–water partition coefficient (Wildman–Crippen LogP) is 0.0152. The van der Waals surface area contributed by atoms with Gasteiger partial charge < -0.3 is 5.73 Å². The van der Waals surface area contributed by atoms with Gasteiger partial charge in [-0.15, -0.1) is 5.10 Å². The molecule has 2 rings (SSSR count). The minimum absolute atomic E-state index is 0.0521. The lowest BCUT2D eigenvalue weighted by atomic mass is 10.4. The minimum Gasteiger partial charge on any atom is -0.330 e. The van der Waals surface area contributed by atoms with Crippen molar-refractivity contribution < 1.29 is 4.92 Å². The summed E-state index contributed by atoms with van der Waals surface area (Å²) >= 11 is 0. The Hall–Kier alpha value is -2.22. The summed E-state index contributed by atoms with van der Waals surface area (Å²) in [6.07, 6.45) is 5.12. The highest BCUT2D eigenvalue weighted by Crippen LogP contribution is 2.21. The third-order valence-corrected chi connectivity index (χ3v) is 2.30. The Balaban J connectivity index is 2.52. The summed E-state index contributed by atoms with van der Waals surface area (Å²) in [6.45, 7) is 0.428. The molecule has 0 radical (unpaired) electrons. The molecule has 0 spiro atoms. The maximum absolute atomic E-state index is 10.9. The minimum atomic E-state index is -0.464. The molecule has 0 aliphatic rings. The molecule has 8 heteroatoms. The van der Waals surface area contributed by atoms with E-state index in [1.165, 1.54) is 10.9 Å². The molecule has 0 saturated heterocycles. The molecule has 2 aromatic heterocycles. The van der Waals surface area contributed by atoms with Crippen LogP contribution in [0.1, 0.15) is 5.82 Å². The van der Waals surface area contributed by atoms with E-state index in [-0.39, 0.29) is 11.5 Å². The smallest absolute Gasteiger partial charge is 0.330 e. The largest absolute Gasteiger partial charge is 0.331 e. The van der Waals surface area contributed by atoms with Gasteiger partial charge in [-0.05, 0) is 6.54 Å². The number of hydrogen-bond acceptors (Lipinski definition) is 5. The van der Waals surface area contributed by atoms with Crippen molar-refractivity contribution >= 4 is 5.69 Å². The number of nitro groups is 1. The zero-order valence-electron chi connectivity index (χ0n) is 9.28. The van der Waals surface area contributed by atoms with Crippen molar-refractivity contribution in [2.24, 2.45) is 12.8 Å². The van der Waals surface area contributed by atoms with Crippen LogP contribution in [0.15, 0.2) is 18.6 Å². The van der Waals surface area contributed by atoms with Crippen LogP contribution in [0.3, 0.4) is 0 Å². The van der Waals surface area contributed by atoms with Crippen molar-refractivity contribution in [3.05, 3.63) is 34.5 Å². The Morgan fingerprint density at radius 1 is 1.59 bits per heavy atom. The maximum Gasteiger partial charge on any atom is 0.331 e. The number of nitrogens with zero attached hydrogens (tertiary/aromatic N) is 5. The van der Waals surface area contributed by atoms with Gasteiger partial charge in [0.1, 0.15) is 12.0 Å². The Labute approximate surface area is 96.8 Å². The highest BCUT2D eigenvalue weighted by molar-refractivity contribution is 5.46. The van der Waals surface area contributed by atoms with Gasteiger partial charge in [0.15, 0.2) is 0 Å². The van der Waals surface area contributed by atoms with Crippen molar-refractivity contribution in [2.75, 3.05) is 6.54 Å². The molecule has 2 aromatic rings. The molecule has 2 heterocycles. The molecule has 90 valence electrons. The van der Waals surface area contributed by atoms with Crippen LogP contribution in [0.2, 0.25) is 0 Å². The first-order chi connectivity index (χ1) is 8.13. The van der Waals surface area contributed by atoms with Gasteiger partial charge in [0, 0.05) is 25.9 Å². The lowest BCUT2D eigenvalue weighted by molar-refractivity contribution is -0.384. The predicted molar refractivity (Wildman–Crippen MR) is 59.7 cm³/mol. The molecular formula is C9H12N6O2. The van der Waals surface area contributed by atoms with Gasteiger partial charge in [0.2, 0.25) is 5.82 Å². The van der Waals surface area contributed by atoms with Crippen LogP contribution >= 0.6 is 0 Å². The van der Waals surface area contributed by atoms with E-state index < -0.39 is 4.92 Å². The van der Waals surface area contributed by atoms with E-state index in [9.17, 15) is 10.1 Å². The fraction of sp³-hybridized carbons (Fsp3) is 0.333. The van der Waals surface area contributed by atoms with Gasteiger partial charge in [0.05, 0.1) is 4.92 Å². The van der Waals surface area contributed by atoms with E-state index in [1.807, 2.05) is 0 Å². The highest BCUT2D eigenvalue weighted by Gasteiger charge is 2.21. The van der Waals surface area contributed by atoms with Crippen LogP contribution in [0.4, 0.5) is 5.69 Å². The van der Waals surface area contributed by atoms with E-state index in [0.29, 0.717) is 18.8 Å². The molecule has 0 unspecified atom stereocenters. The number of hydrogen-bond donors (Lipinski definition) is 1. The summed E-state index contributed by atoms with van der Waals surface area (Å²) in [5.74, 6) is 0.924. The average molecular weight is 236 g/mol. The molecule has 0 fully saturated rings. The molecule has 0 aliphatic carbocycles. The molecule has 0 bridgehead atoms. The van der Waals surface area contributed by atoms with Gasteiger partial charge in [-0.1, -0.05) is 0 Å². The summed E-state index contributed by atoms with van der Waals surface area (Å²) in [5.41, 5.74) is 5.40. The fourth-order valence-corrected chi connectivity index (χ4v) is 1.61. The summed E-state index contributed by atoms with van der Waals surface area (Å²) in [6, 6.07) is 0. The highest BCUT2D eigenvalue weighted by atomic mass is 16.6. The molecular weight excluding hydrogens is 224 g/mol. The molecule has 0 amide bonds. The van der Waals surface area contributed by atoms with E-state index in [0.717, 1.165) is 0 Å². The van der Waals surface area contributed by atoms with Crippen LogP contribution in [0, 0.1) is 10.1 Å². The SMILES string of the molecule is Cn1cc([N+](=O)[O-])c(-n2ccnc2CCN)n1. The molecule has 0 aromatic carbocycles. The standard InChI is InChI=1S/C9H12N6O2/c1-13-6-7(15(16)17)9(12-13)14-5-4-11-8(14)2-3-10/h4-6H,2-3,10H2,1H3. The second-order valence-electron chi connectivity index (χ2n) is 3.52. The number of imidazole rings is 1. The maximum atomic E-state index is 10.9. The molecule has 17 heavy (non-hydrogen) atoms. The summed E-state index contributed by atoms with van der Waals surface area (Å²) in [5, 5.41) is 15.0. The Kier molecular flexibility index (Phi) is 2.88. The van der Waals surface area contributed by atoms with Gasteiger partial charge in [-0.25, -0.2) is 4.98 Å². The van der Waals surface area contributed by atoms with Crippen LogP contribution in [-0.4, -0.2) is 30.8 Å². The van der Waals surface area contributed by atoms with E-state index in [4.69, 9.17) is 5.73 Å². The van der Waals surface area contributed by atoms with Crippen molar-refractivity contribution in [3.63, 3.8) is 0 Å². The third kappa shape index (κ3) is 2.02. The van der Waals surface area contributed by atoms with Gasteiger partial charge >= 0.3 is 5.69 Å². The van der Waals surface area contributed by atoms with Crippen LogP contribution in [-0.2, 0) is 13.5 Å². The van der Waals surface area contributed by atoms with Crippen molar-refractivity contribution in [3.8, 4) is 5.82 Å². The number of aryl methyl sites for hydroxylation is 1. The van der Waals surface area contributed by atoms with Crippen molar-refractivity contribution in [1.29, 1.82) is 0 Å². The van der Waals surface area contributed by atoms with Crippen molar-refractivity contribution in [1.82, 2.24) is 19.3 Å². The van der Waals surface area contributed by atoms with Gasteiger partial charge in [0.25, 0.3) is 0 Å². The first kappa shape index (κ1) is 11.3. The topological polar surface area (TPSA) is 105 Å². The molecule has 0 aliphatic heterocycles. The number of aromatic nitrogens is 4. The molecule has 0 saturated carbocycles. The van der Waals surface area contributed by atoms with Crippen LogP contribution < -0.4 is 5.73 Å². The normalized spacial score (nSPS) is 10.7. The van der Waals surface area contributed by atoms with E-state index in [1.54, 1.807) is 24.0 Å². The first-order valence-corrected chi connectivity index (χ1v) is 5.04. The zero-order chi connectivity index (χ0) is 12.4. The Bertz CT molecular complexity index is 543. The quantitative estimate of drug-likeness (QED) is 0.595. The van der Waals surface area contributed by atoms with E-state index >= 15 is 0 Å². The summed E-state index contributed by atoms with van der Waals surface area (Å²) in [7, 11) is 1.63. The van der Waals surface area contributed by atoms with Crippen LogP contribution in [0.25, 0.3) is 5.82 Å². The number of nitrogens with two attached hydrogens (primary N) is 1. The number of rotatable bonds is 4. The lowest BCUT2D eigenvalue weighted by Gasteiger charge is -2.02. The summed E-state index contributed by atoms with van der Waals surface area (Å²) < 4.78 is 2.99. The lowest BCUT2D eigenvalue weighted by Crippen LogP contribution is -2.10. The first-order valence-electron chi connectivity index (χ1n) is 5.04. The second-order valence-corrected chi connectivity index (χ2v) is 3.52. The zero-order valence-corrected chi connectivity index (χ0v) is 9.28. The molecule has 2 N–H and O–H groups in total. The molecule has 8 nitrogen and oxygen atoms in total. The third-order valence-electron chi connectivity index (χ3n) is 2.30. The van der Waals surface area contributed by atoms with Gasteiger partial charge in [-0.3, -0.25) is 19.4 Å². The van der Waals surface area contributed by atoms with Gasteiger partial charge in [-0.2, -0.15) is 0 Å². The second kappa shape index (κ2) is 4.34. The Morgan fingerprint density at radius 3 is 3.00 bits per heavy atom. The molecule has 0 atom stereocenters. The summed E-state index contributed by atoms with van der Waals surface area (Å²) in [4.78, 5) is 14.5. The van der Waals surface area contributed by atoms with E-state index in [2.05, 4.69) is 10.1 Å².